The molecule has 0 aliphatic carbocycles. The first-order chi connectivity index (χ1) is 10.2. The first kappa shape index (κ1) is 15.1. The van der Waals surface area contributed by atoms with Crippen molar-refractivity contribution in [3.8, 4) is 17.6 Å². The van der Waals surface area contributed by atoms with E-state index >= 15 is 0 Å². The van der Waals surface area contributed by atoms with Crippen LogP contribution in [-0.2, 0) is 6.54 Å². The summed E-state index contributed by atoms with van der Waals surface area (Å²) >= 11 is 0. The number of ether oxygens (including phenoxy) is 1. The standard InChI is InChI=1S/C17H20N2O2/c1-13-14(2)19(12-18-13)11-16-10-15(6-4-5-9-20)7-8-17(16)21-3/h7-8,10,12,20H,5,9,11H2,1-3H3. The van der Waals surface area contributed by atoms with Gasteiger partial charge in [-0.15, -0.1) is 0 Å². The Balaban J connectivity index is 2.30. The zero-order valence-corrected chi connectivity index (χ0v) is 12.7. The number of aromatic nitrogens is 2. The fraction of sp³-hybridized carbons (Fsp3) is 0.353. The van der Waals surface area contributed by atoms with Crippen molar-refractivity contribution in [3.63, 3.8) is 0 Å². The van der Waals surface area contributed by atoms with Crippen molar-refractivity contribution >= 4 is 0 Å². The van der Waals surface area contributed by atoms with E-state index in [1.165, 1.54) is 0 Å². The highest BCUT2D eigenvalue weighted by Crippen LogP contribution is 2.21. The van der Waals surface area contributed by atoms with Gasteiger partial charge in [-0.25, -0.2) is 4.98 Å². The number of aliphatic hydroxyl groups is 1. The van der Waals surface area contributed by atoms with E-state index < -0.39 is 0 Å². The fourth-order valence-electron chi connectivity index (χ4n) is 2.09. The maximum Gasteiger partial charge on any atom is 0.123 e. The molecule has 0 spiro atoms. The SMILES string of the molecule is COc1ccc(C#CCCO)cc1Cn1cnc(C)c1C. The topological polar surface area (TPSA) is 47.3 Å². The summed E-state index contributed by atoms with van der Waals surface area (Å²) in [5.74, 6) is 6.83. The lowest BCUT2D eigenvalue weighted by Gasteiger charge is -2.11. The van der Waals surface area contributed by atoms with Crippen LogP contribution in [0, 0.1) is 25.7 Å². The minimum Gasteiger partial charge on any atom is -0.496 e. The molecule has 2 aromatic rings. The first-order valence-corrected chi connectivity index (χ1v) is 6.90. The zero-order valence-electron chi connectivity index (χ0n) is 12.7. The number of methoxy groups -OCH3 is 1. The van der Waals surface area contributed by atoms with Crippen molar-refractivity contribution in [2.45, 2.75) is 26.8 Å². The lowest BCUT2D eigenvalue weighted by atomic mass is 10.1. The Morgan fingerprint density at radius 1 is 1.33 bits per heavy atom. The summed E-state index contributed by atoms with van der Waals surface area (Å²) in [6.07, 6.45) is 2.33. The molecule has 1 aromatic carbocycles. The number of rotatable bonds is 4. The smallest absolute Gasteiger partial charge is 0.123 e. The number of benzene rings is 1. The molecule has 0 fully saturated rings. The molecular formula is C17H20N2O2. The molecule has 0 aliphatic rings. The molecule has 0 radical (unpaired) electrons. The van der Waals surface area contributed by atoms with Crippen LogP contribution >= 0.6 is 0 Å². The van der Waals surface area contributed by atoms with E-state index in [0.717, 1.165) is 28.3 Å². The second-order valence-electron chi connectivity index (χ2n) is 4.85. The fourth-order valence-corrected chi connectivity index (χ4v) is 2.09. The van der Waals surface area contributed by atoms with Gasteiger partial charge in [-0.3, -0.25) is 0 Å². The number of hydrogen-bond donors (Lipinski definition) is 1. The van der Waals surface area contributed by atoms with Crippen LogP contribution in [0.25, 0.3) is 0 Å². The normalized spacial score (nSPS) is 10.1. The number of aliphatic hydroxyl groups excluding tert-OH is 1. The monoisotopic (exact) mass is 284 g/mol. The molecule has 0 saturated carbocycles. The Labute approximate surface area is 125 Å². The van der Waals surface area contributed by atoms with E-state index in [4.69, 9.17) is 9.84 Å². The molecule has 0 unspecified atom stereocenters. The maximum absolute atomic E-state index is 8.78. The predicted octanol–water partition coefficient (Wildman–Crippen LogP) is 2.29. The van der Waals surface area contributed by atoms with Crippen molar-refractivity contribution in [3.05, 3.63) is 47.0 Å². The molecule has 0 saturated heterocycles. The van der Waals surface area contributed by atoms with E-state index in [0.29, 0.717) is 13.0 Å². The van der Waals surface area contributed by atoms with Crippen LogP contribution in [0.5, 0.6) is 5.75 Å². The highest BCUT2D eigenvalue weighted by Gasteiger charge is 2.08. The van der Waals surface area contributed by atoms with E-state index in [2.05, 4.69) is 28.3 Å². The second-order valence-corrected chi connectivity index (χ2v) is 4.85. The molecule has 1 N–H and O–H groups in total. The molecule has 0 amide bonds. The van der Waals surface area contributed by atoms with Crippen LogP contribution in [0.4, 0.5) is 0 Å². The van der Waals surface area contributed by atoms with Gasteiger partial charge in [-0.2, -0.15) is 0 Å². The van der Waals surface area contributed by atoms with E-state index in [-0.39, 0.29) is 6.61 Å². The third kappa shape index (κ3) is 3.65. The third-order valence-corrected chi connectivity index (χ3v) is 3.44. The summed E-state index contributed by atoms with van der Waals surface area (Å²) in [5, 5.41) is 8.78. The summed E-state index contributed by atoms with van der Waals surface area (Å²) < 4.78 is 7.52. The highest BCUT2D eigenvalue weighted by atomic mass is 16.5. The molecular weight excluding hydrogens is 264 g/mol. The number of imidazole rings is 1. The van der Waals surface area contributed by atoms with Crippen LogP contribution < -0.4 is 4.74 Å². The Morgan fingerprint density at radius 3 is 2.76 bits per heavy atom. The van der Waals surface area contributed by atoms with Crippen molar-refractivity contribution < 1.29 is 9.84 Å². The van der Waals surface area contributed by atoms with Gasteiger partial charge in [0.15, 0.2) is 0 Å². The predicted molar refractivity (Wildman–Crippen MR) is 82.4 cm³/mol. The maximum atomic E-state index is 8.78. The Bertz CT molecular complexity index is 678. The van der Waals surface area contributed by atoms with Crippen molar-refractivity contribution in [2.75, 3.05) is 13.7 Å². The largest absolute Gasteiger partial charge is 0.496 e. The quantitative estimate of drug-likeness (QED) is 0.876. The van der Waals surface area contributed by atoms with Crippen LogP contribution in [-0.4, -0.2) is 28.4 Å². The highest BCUT2D eigenvalue weighted by molar-refractivity contribution is 5.44. The van der Waals surface area contributed by atoms with Gasteiger partial charge in [0, 0.05) is 23.2 Å². The summed E-state index contributed by atoms with van der Waals surface area (Å²) in [6.45, 7) is 4.84. The van der Waals surface area contributed by atoms with Gasteiger partial charge < -0.3 is 14.4 Å². The van der Waals surface area contributed by atoms with Gasteiger partial charge in [-0.1, -0.05) is 11.8 Å². The molecule has 21 heavy (non-hydrogen) atoms. The Hall–Kier alpha value is -2.25. The molecule has 1 heterocycles. The minimum atomic E-state index is 0.0868. The number of aryl methyl sites for hydroxylation is 1. The molecule has 2 rings (SSSR count). The third-order valence-electron chi connectivity index (χ3n) is 3.44. The first-order valence-electron chi connectivity index (χ1n) is 6.90. The van der Waals surface area contributed by atoms with E-state index in [1.54, 1.807) is 7.11 Å². The van der Waals surface area contributed by atoms with Gasteiger partial charge in [0.25, 0.3) is 0 Å². The van der Waals surface area contributed by atoms with Crippen LogP contribution in [0.15, 0.2) is 24.5 Å². The Kier molecular flexibility index (Phi) is 5.02. The average Bonchev–Trinajstić information content (AvgIpc) is 2.80. The van der Waals surface area contributed by atoms with Crippen molar-refractivity contribution in [1.29, 1.82) is 0 Å². The lowest BCUT2D eigenvalue weighted by Crippen LogP contribution is -2.03. The molecule has 4 nitrogen and oxygen atoms in total. The van der Waals surface area contributed by atoms with E-state index in [9.17, 15) is 0 Å². The van der Waals surface area contributed by atoms with Crippen LogP contribution in [0.2, 0.25) is 0 Å². The van der Waals surface area contributed by atoms with Crippen LogP contribution in [0.3, 0.4) is 0 Å². The minimum absolute atomic E-state index is 0.0868. The van der Waals surface area contributed by atoms with Gasteiger partial charge in [0.05, 0.1) is 32.3 Å². The summed E-state index contributed by atoms with van der Waals surface area (Å²) in [4.78, 5) is 4.32. The van der Waals surface area contributed by atoms with E-state index in [1.807, 2.05) is 31.5 Å². The lowest BCUT2D eigenvalue weighted by molar-refractivity contribution is 0.305. The van der Waals surface area contributed by atoms with Crippen molar-refractivity contribution in [2.24, 2.45) is 0 Å². The molecule has 0 atom stereocenters. The van der Waals surface area contributed by atoms with Crippen LogP contribution in [0.1, 0.15) is 28.9 Å². The molecule has 0 bridgehead atoms. The summed E-state index contributed by atoms with van der Waals surface area (Å²) in [7, 11) is 1.67. The second kappa shape index (κ2) is 6.96. The molecule has 4 heteroatoms. The zero-order chi connectivity index (χ0) is 15.2. The van der Waals surface area contributed by atoms with Crippen molar-refractivity contribution in [1.82, 2.24) is 9.55 Å². The summed E-state index contributed by atoms with van der Waals surface area (Å²) in [5.41, 5.74) is 4.17. The van der Waals surface area contributed by atoms with Gasteiger partial charge in [0.1, 0.15) is 5.75 Å². The Morgan fingerprint density at radius 2 is 2.14 bits per heavy atom. The number of nitrogens with zero attached hydrogens (tertiary/aromatic N) is 2. The van der Waals surface area contributed by atoms with Gasteiger partial charge in [0.2, 0.25) is 0 Å². The van der Waals surface area contributed by atoms with Gasteiger partial charge >= 0.3 is 0 Å². The molecule has 1 aromatic heterocycles. The molecule has 0 aliphatic heterocycles. The average molecular weight is 284 g/mol. The van der Waals surface area contributed by atoms with Gasteiger partial charge in [-0.05, 0) is 32.0 Å². The summed E-state index contributed by atoms with van der Waals surface area (Å²) in [6, 6.07) is 5.88. The molecule has 110 valence electrons. The number of hydrogen-bond acceptors (Lipinski definition) is 3.